The van der Waals surface area contributed by atoms with E-state index in [-0.39, 0.29) is 24.5 Å². The molecule has 8 nitrogen and oxygen atoms in total. The molecule has 0 spiro atoms. The van der Waals surface area contributed by atoms with Crippen molar-refractivity contribution in [2.24, 2.45) is 9.98 Å². The Morgan fingerprint density at radius 3 is 2.79 bits per heavy atom. The molecule has 0 atom stereocenters. The molecule has 0 unspecified atom stereocenters. The number of nitrogens with one attached hydrogen (secondary N) is 2. The highest BCUT2D eigenvalue weighted by molar-refractivity contribution is 5.63. The van der Waals surface area contributed by atoms with E-state index < -0.39 is 11.6 Å². The number of aromatic nitrogens is 4. The molecule has 0 fully saturated rings. The van der Waals surface area contributed by atoms with E-state index in [9.17, 15) is 4.39 Å². The highest BCUT2D eigenvalue weighted by Gasteiger charge is 2.13. The summed E-state index contributed by atoms with van der Waals surface area (Å²) in [7, 11) is 1.84. The molecule has 0 amide bonds. The van der Waals surface area contributed by atoms with Crippen LogP contribution in [0.15, 0.2) is 64.7 Å². The fraction of sp³-hybridized carbons (Fsp3) is 0.250. The predicted molar refractivity (Wildman–Crippen MR) is 129 cm³/mol. The van der Waals surface area contributed by atoms with E-state index in [2.05, 4.69) is 47.3 Å². The molecule has 0 aliphatic heterocycles. The molecule has 0 aromatic carbocycles. The Bertz CT molecular complexity index is 1190. The van der Waals surface area contributed by atoms with E-state index in [1.165, 1.54) is 18.6 Å². The van der Waals surface area contributed by atoms with Crippen molar-refractivity contribution >= 4 is 13.1 Å². The number of hydrogen-bond acceptors (Lipinski definition) is 7. The molecule has 10 heteroatoms. The molecule has 0 radical (unpaired) electrons. The van der Waals surface area contributed by atoms with Crippen molar-refractivity contribution in [1.82, 2.24) is 30.6 Å². The summed E-state index contributed by atoms with van der Waals surface area (Å²) in [5.74, 6) is -1.05. The van der Waals surface area contributed by atoms with Gasteiger partial charge in [-0.1, -0.05) is 0 Å². The van der Waals surface area contributed by atoms with E-state index in [0.29, 0.717) is 29.7 Å². The van der Waals surface area contributed by atoms with Gasteiger partial charge in [0.05, 0.1) is 0 Å². The lowest BCUT2D eigenvalue weighted by Crippen LogP contribution is -2.16. The third kappa shape index (κ3) is 6.79. The summed E-state index contributed by atoms with van der Waals surface area (Å²) in [5, 5.41) is 5.94. The van der Waals surface area contributed by atoms with Gasteiger partial charge in [0.1, 0.15) is 30.0 Å². The first-order chi connectivity index (χ1) is 16.5. The zero-order valence-electron chi connectivity index (χ0n) is 19.1. The van der Waals surface area contributed by atoms with Crippen LogP contribution in [-0.4, -0.2) is 46.6 Å². The first-order valence-electron chi connectivity index (χ1n) is 10.6. The quantitative estimate of drug-likeness (QED) is 0.334. The maximum Gasteiger partial charge on any atom is 0.160 e. The minimum Gasteiger partial charge on any atom is -0.364 e. The lowest BCUT2D eigenvalue weighted by molar-refractivity contribution is 0.572. The summed E-state index contributed by atoms with van der Waals surface area (Å²) >= 11 is 0. The number of allylic oxidation sites excluding steroid dienone is 1. The zero-order chi connectivity index (χ0) is 24.3. The Hall–Kier alpha value is -3.92. The van der Waals surface area contributed by atoms with Crippen molar-refractivity contribution in [2.75, 3.05) is 13.6 Å². The molecular weight excluding hydrogens is 438 g/mol. The van der Waals surface area contributed by atoms with E-state index in [4.69, 9.17) is 0 Å². The van der Waals surface area contributed by atoms with Crippen LogP contribution in [0, 0.1) is 12.7 Å². The third-order valence-corrected chi connectivity index (χ3v) is 4.89. The largest absolute Gasteiger partial charge is 0.364 e. The van der Waals surface area contributed by atoms with E-state index in [1.54, 1.807) is 24.5 Å². The molecule has 3 aromatic heterocycles. The van der Waals surface area contributed by atoms with Crippen molar-refractivity contribution < 1.29 is 8.78 Å². The molecule has 176 valence electrons. The lowest BCUT2D eigenvalue weighted by Gasteiger charge is -2.11. The van der Waals surface area contributed by atoms with E-state index in [1.807, 2.05) is 14.0 Å². The summed E-state index contributed by atoms with van der Waals surface area (Å²) in [6.45, 7) is 5.97. The standard InChI is InChI=1S/C24H26F2N8/c1-16-8-18(4-7-30-16)23-20(25)9-17(11-31-23)12-32-24(34-14-28-3)21(26)10-19-13-29-15-33-22(19)5-6-27-2/h4,7-9,11,13-15,27,32H,3,5-6,10,12H2,1-2H3/b24-21+,34-14?. The molecular formula is C24H26F2N8. The van der Waals surface area contributed by atoms with Gasteiger partial charge in [0.25, 0.3) is 0 Å². The summed E-state index contributed by atoms with van der Waals surface area (Å²) < 4.78 is 29.9. The van der Waals surface area contributed by atoms with Gasteiger partial charge in [-0.2, -0.15) is 0 Å². The third-order valence-electron chi connectivity index (χ3n) is 4.89. The smallest absolute Gasteiger partial charge is 0.160 e. The Kier molecular flexibility index (Phi) is 8.98. The number of rotatable bonds is 11. The molecule has 0 bridgehead atoms. The fourth-order valence-corrected chi connectivity index (χ4v) is 3.23. The molecule has 0 aliphatic rings. The Morgan fingerprint density at radius 1 is 1.21 bits per heavy atom. The molecule has 34 heavy (non-hydrogen) atoms. The van der Waals surface area contributed by atoms with Crippen LogP contribution in [0.5, 0.6) is 0 Å². The van der Waals surface area contributed by atoms with Gasteiger partial charge in [0, 0.05) is 61.5 Å². The van der Waals surface area contributed by atoms with Gasteiger partial charge in [0.2, 0.25) is 0 Å². The number of halogens is 2. The normalized spacial score (nSPS) is 12.0. The number of nitrogens with zero attached hydrogens (tertiary/aromatic N) is 6. The summed E-state index contributed by atoms with van der Waals surface area (Å²) in [4.78, 5) is 24.2. The SMILES string of the molecule is C=NC=N/C(NCc1cnc(-c2ccnc(C)c2)c(F)c1)=C(/F)Cc1cncnc1CCNC. The summed E-state index contributed by atoms with van der Waals surface area (Å²) in [6, 6.07) is 4.81. The van der Waals surface area contributed by atoms with Crippen LogP contribution in [0.25, 0.3) is 11.3 Å². The predicted octanol–water partition coefficient (Wildman–Crippen LogP) is 3.34. The first kappa shape index (κ1) is 24.7. The average Bonchev–Trinajstić information content (AvgIpc) is 2.83. The fourth-order valence-electron chi connectivity index (χ4n) is 3.23. The molecule has 3 rings (SSSR count). The van der Waals surface area contributed by atoms with Gasteiger partial charge in [-0.05, 0) is 50.0 Å². The molecule has 3 aromatic rings. The van der Waals surface area contributed by atoms with Crippen LogP contribution in [0.3, 0.4) is 0 Å². The van der Waals surface area contributed by atoms with Gasteiger partial charge < -0.3 is 10.6 Å². The highest BCUT2D eigenvalue weighted by Crippen LogP contribution is 2.22. The van der Waals surface area contributed by atoms with E-state index >= 15 is 4.39 Å². The van der Waals surface area contributed by atoms with Crippen LogP contribution in [0.4, 0.5) is 8.78 Å². The van der Waals surface area contributed by atoms with E-state index in [0.717, 1.165) is 17.7 Å². The Balaban J connectivity index is 1.78. The Labute approximate surface area is 197 Å². The monoisotopic (exact) mass is 464 g/mol. The average molecular weight is 465 g/mol. The van der Waals surface area contributed by atoms with Crippen molar-refractivity contribution in [3.05, 3.63) is 83.1 Å². The van der Waals surface area contributed by atoms with Gasteiger partial charge in [-0.15, -0.1) is 0 Å². The molecule has 3 heterocycles. The molecule has 0 aliphatic carbocycles. The second-order valence-electron chi connectivity index (χ2n) is 7.42. The van der Waals surface area contributed by atoms with Gasteiger partial charge in [-0.3, -0.25) is 15.0 Å². The van der Waals surface area contributed by atoms with Gasteiger partial charge in [-0.25, -0.2) is 23.7 Å². The van der Waals surface area contributed by atoms with Crippen molar-refractivity contribution in [3.63, 3.8) is 0 Å². The van der Waals surface area contributed by atoms with Crippen LogP contribution < -0.4 is 10.6 Å². The topological polar surface area (TPSA) is 100 Å². The van der Waals surface area contributed by atoms with Crippen molar-refractivity contribution in [1.29, 1.82) is 0 Å². The summed E-state index contributed by atoms with van der Waals surface area (Å²) in [5.41, 5.74) is 3.55. The maximum absolute atomic E-state index is 15.2. The number of hydrogen-bond donors (Lipinski definition) is 2. The van der Waals surface area contributed by atoms with Crippen LogP contribution >= 0.6 is 0 Å². The minimum absolute atomic E-state index is 0.0370. The zero-order valence-corrected chi connectivity index (χ0v) is 19.1. The second kappa shape index (κ2) is 12.4. The lowest BCUT2D eigenvalue weighted by atomic mass is 10.1. The van der Waals surface area contributed by atoms with Crippen LogP contribution in [0.2, 0.25) is 0 Å². The van der Waals surface area contributed by atoms with Crippen molar-refractivity contribution in [2.45, 2.75) is 26.3 Å². The second-order valence-corrected chi connectivity index (χ2v) is 7.42. The highest BCUT2D eigenvalue weighted by atomic mass is 19.1. The van der Waals surface area contributed by atoms with Crippen LogP contribution in [-0.2, 0) is 19.4 Å². The first-order valence-corrected chi connectivity index (χ1v) is 10.6. The molecule has 0 saturated heterocycles. The maximum atomic E-state index is 15.2. The minimum atomic E-state index is -0.530. The molecule has 0 saturated carbocycles. The summed E-state index contributed by atoms with van der Waals surface area (Å²) in [6.07, 6.45) is 7.89. The molecule has 2 N–H and O–H groups in total. The number of pyridine rings is 2. The van der Waals surface area contributed by atoms with Crippen molar-refractivity contribution in [3.8, 4) is 11.3 Å². The number of aliphatic imine (C=N–C) groups is 2. The number of likely N-dealkylation sites (N-methyl/N-ethyl adjacent to an activating group) is 1. The number of aryl methyl sites for hydroxylation is 1. The Morgan fingerprint density at radius 2 is 2.06 bits per heavy atom. The van der Waals surface area contributed by atoms with Gasteiger partial charge in [0.15, 0.2) is 5.82 Å². The van der Waals surface area contributed by atoms with Crippen LogP contribution in [0.1, 0.15) is 22.5 Å². The van der Waals surface area contributed by atoms with Gasteiger partial charge >= 0.3 is 0 Å².